The van der Waals surface area contributed by atoms with Crippen molar-refractivity contribution in [2.75, 3.05) is 19.6 Å². The van der Waals surface area contributed by atoms with Gasteiger partial charge in [-0.05, 0) is 43.5 Å². The summed E-state index contributed by atoms with van der Waals surface area (Å²) in [4.78, 5) is 12.1. The average molecular weight is 335 g/mol. The second kappa shape index (κ2) is 7.57. The lowest BCUT2D eigenvalue weighted by Crippen LogP contribution is -2.43. The molecule has 0 radical (unpaired) electrons. The first kappa shape index (κ1) is 17.4. The number of hydrogen-bond acceptors (Lipinski definition) is 4. The molecule has 2 rings (SSSR count). The quantitative estimate of drug-likeness (QED) is 0.882. The second-order valence-corrected chi connectivity index (χ2v) is 7.54. The molecule has 7 heteroatoms. The largest absolute Gasteiger partial charge is 0.356 e. The first-order valence-electron chi connectivity index (χ1n) is 7.77. The molecule has 23 heavy (non-hydrogen) atoms. The average Bonchev–Trinajstić information content (AvgIpc) is 2.59. The Hall–Kier alpha value is -1.91. The summed E-state index contributed by atoms with van der Waals surface area (Å²) in [5, 5.41) is 11.6. The molecule has 0 aliphatic carbocycles. The van der Waals surface area contributed by atoms with Crippen molar-refractivity contribution >= 4 is 15.9 Å². The van der Waals surface area contributed by atoms with Gasteiger partial charge in [-0.25, -0.2) is 8.42 Å². The molecule has 1 aliphatic rings. The Morgan fingerprint density at radius 2 is 1.91 bits per heavy atom. The Labute approximate surface area is 137 Å². The van der Waals surface area contributed by atoms with Crippen LogP contribution in [0.1, 0.15) is 31.7 Å². The molecule has 1 N–H and O–H groups in total. The predicted octanol–water partition coefficient (Wildman–Crippen LogP) is 1.49. The zero-order chi connectivity index (χ0) is 16.9. The monoisotopic (exact) mass is 335 g/mol. The van der Waals surface area contributed by atoms with E-state index < -0.39 is 10.0 Å². The van der Waals surface area contributed by atoms with Gasteiger partial charge < -0.3 is 5.32 Å². The molecule has 0 unspecified atom stereocenters. The number of amides is 1. The van der Waals surface area contributed by atoms with Gasteiger partial charge in [-0.15, -0.1) is 0 Å². The fraction of sp³-hybridized carbons (Fsp3) is 0.500. The zero-order valence-corrected chi connectivity index (χ0v) is 14.0. The molecule has 0 atom stereocenters. The van der Waals surface area contributed by atoms with Crippen LogP contribution in [0.5, 0.6) is 0 Å². The third-order valence-corrected chi connectivity index (χ3v) is 5.91. The summed E-state index contributed by atoms with van der Waals surface area (Å²) in [7, 11) is -3.56. The van der Waals surface area contributed by atoms with Crippen LogP contribution >= 0.6 is 0 Å². The van der Waals surface area contributed by atoms with Crippen molar-refractivity contribution in [2.24, 2.45) is 5.92 Å². The highest BCUT2D eigenvalue weighted by Crippen LogP contribution is 2.24. The maximum Gasteiger partial charge on any atom is 0.243 e. The first-order chi connectivity index (χ1) is 11.0. The summed E-state index contributed by atoms with van der Waals surface area (Å²) in [6, 6.07) is 7.87. The number of rotatable bonds is 5. The van der Waals surface area contributed by atoms with Crippen molar-refractivity contribution in [3.63, 3.8) is 0 Å². The van der Waals surface area contributed by atoms with E-state index in [1.807, 2.05) is 13.0 Å². The third-order valence-electron chi connectivity index (χ3n) is 4.00. The lowest BCUT2D eigenvalue weighted by atomic mass is 9.97. The summed E-state index contributed by atoms with van der Waals surface area (Å²) in [5.41, 5.74) is 0.426. The molecule has 0 saturated carbocycles. The predicted molar refractivity (Wildman–Crippen MR) is 85.9 cm³/mol. The first-order valence-corrected chi connectivity index (χ1v) is 9.21. The van der Waals surface area contributed by atoms with Gasteiger partial charge in [-0.2, -0.15) is 9.57 Å². The number of benzene rings is 1. The Morgan fingerprint density at radius 3 is 2.43 bits per heavy atom. The number of hydrogen-bond donors (Lipinski definition) is 1. The van der Waals surface area contributed by atoms with E-state index in [0.717, 1.165) is 6.42 Å². The van der Waals surface area contributed by atoms with Gasteiger partial charge in [0.15, 0.2) is 0 Å². The molecule has 1 aromatic carbocycles. The summed E-state index contributed by atoms with van der Waals surface area (Å²) in [6.45, 7) is 3.33. The Bertz CT molecular complexity index is 684. The lowest BCUT2D eigenvalue weighted by Gasteiger charge is -2.30. The van der Waals surface area contributed by atoms with Crippen molar-refractivity contribution in [1.29, 1.82) is 5.26 Å². The van der Waals surface area contributed by atoms with E-state index in [9.17, 15) is 13.2 Å². The zero-order valence-electron chi connectivity index (χ0n) is 13.2. The highest BCUT2D eigenvalue weighted by Gasteiger charge is 2.31. The fourth-order valence-electron chi connectivity index (χ4n) is 2.60. The van der Waals surface area contributed by atoms with Gasteiger partial charge in [-0.3, -0.25) is 4.79 Å². The highest BCUT2D eigenvalue weighted by atomic mass is 32.2. The summed E-state index contributed by atoms with van der Waals surface area (Å²) in [6.07, 6.45) is 1.95. The number of nitrogens with zero attached hydrogens (tertiary/aromatic N) is 2. The summed E-state index contributed by atoms with van der Waals surface area (Å²) >= 11 is 0. The minimum Gasteiger partial charge on any atom is -0.356 e. The Morgan fingerprint density at radius 1 is 1.30 bits per heavy atom. The van der Waals surface area contributed by atoms with Crippen molar-refractivity contribution in [3.05, 3.63) is 29.8 Å². The maximum absolute atomic E-state index is 12.6. The van der Waals surface area contributed by atoms with Crippen molar-refractivity contribution in [2.45, 2.75) is 31.1 Å². The highest BCUT2D eigenvalue weighted by molar-refractivity contribution is 7.89. The standard InChI is InChI=1S/C16H21N3O3S/c1-2-9-18-16(20)14-7-10-19(11-8-14)23(21,22)15-5-3-13(12-17)4-6-15/h3-6,14H,2,7-11H2,1H3,(H,18,20). The second-order valence-electron chi connectivity index (χ2n) is 5.61. The molecule has 1 heterocycles. The molecule has 0 aromatic heterocycles. The molecule has 1 amide bonds. The molecule has 124 valence electrons. The van der Waals surface area contributed by atoms with Gasteiger partial charge in [-0.1, -0.05) is 6.92 Å². The molecular weight excluding hydrogens is 314 g/mol. The third kappa shape index (κ3) is 4.09. The van der Waals surface area contributed by atoms with Crippen LogP contribution in [0, 0.1) is 17.2 Å². The fourth-order valence-corrected chi connectivity index (χ4v) is 4.07. The van der Waals surface area contributed by atoms with Crippen molar-refractivity contribution in [1.82, 2.24) is 9.62 Å². The lowest BCUT2D eigenvalue weighted by molar-refractivity contribution is -0.126. The van der Waals surface area contributed by atoms with E-state index in [4.69, 9.17) is 5.26 Å². The van der Waals surface area contributed by atoms with Gasteiger partial charge in [0.1, 0.15) is 0 Å². The van der Waals surface area contributed by atoms with Gasteiger partial charge in [0.05, 0.1) is 16.5 Å². The van der Waals surface area contributed by atoms with Crippen LogP contribution < -0.4 is 5.32 Å². The minimum atomic E-state index is -3.56. The number of sulfonamides is 1. The number of nitrogens with one attached hydrogen (secondary N) is 1. The SMILES string of the molecule is CCCNC(=O)C1CCN(S(=O)(=O)c2ccc(C#N)cc2)CC1. The Balaban J connectivity index is 2.00. The number of nitriles is 1. The van der Waals surface area contributed by atoms with E-state index >= 15 is 0 Å². The van der Waals surface area contributed by atoms with E-state index in [2.05, 4.69) is 5.32 Å². The van der Waals surface area contributed by atoms with Crippen LogP contribution in [0.2, 0.25) is 0 Å². The van der Waals surface area contributed by atoms with Crippen LogP contribution in [0.3, 0.4) is 0 Å². The van der Waals surface area contributed by atoms with Crippen molar-refractivity contribution < 1.29 is 13.2 Å². The maximum atomic E-state index is 12.6. The number of piperidine rings is 1. The summed E-state index contributed by atoms with van der Waals surface area (Å²) < 4.78 is 26.6. The molecule has 0 bridgehead atoms. The molecule has 1 fully saturated rings. The molecule has 1 aromatic rings. The number of carbonyl (C=O) groups excluding carboxylic acids is 1. The molecule has 0 spiro atoms. The van der Waals surface area contributed by atoms with Crippen molar-refractivity contribution in [3.8, 4) is 6.07 Å². The van der Waals surface area contributed by atoms with Crippen LogP contribution in [-0.4, -0.2) is 38.3 Å². The molecule has 1 aliphatic heterocycles. The van der Waals surface area contributed by atoms with Gasteiger partial charge in [0.2, 0.25) is 15.9 Å². The van der Waals surface area contributed by atoms with E-state index in [-0.39, 0.29) is 16.7 Å². The summed E-state index contributed by atoms with van der Waals surface area (Å²) in [5.74, 6) is -0.101. The van der Waals surface area contributed by atoms with E-state index in [1.54, 1.807) is 0 Å². The smallest absolute Gasteiger partial charge is 0.243 e. The van der Waals surface area contributed by atoms with Crippen LogP contribution in [-0.2, 0) is 14.8 Å². The normalized spacial score (nSPS) is 16.7. The topological polar surface area (TPSA) is 90.3 Å². The molecule has 6 nitrogen and oxygen atoms in total. The van der Waals surface area contributed by atoms with Gasteiger partial charge in [0, 0.05) is 25.6 Å². The molecule has 1 saturated heterocycles. The van der Waals surface area contributed by atoms with E-state index in [1.165, 1.54) is 28.6 Å². The van der Waals surface area contributed by atoms with Crippen LogP contribution in [0.25, 0.3) is 0 Å². The van der Waals surface area contributed by atoms with Gasteiger partial charge in [0.25, 0.3) is 0 Å². The van der Waals surface area contributed by atoms with Crippen LogP contribution in [0.15, 0.2) is 29.2 Å². The van der Waals surface area contributed by atoms with Gasteiger partial charge >= 0.3 is 0 Å². The van der Waals surface area contributed by atoms with Crippen LogP contribution in [0.4, 0.5) is 0 Å². The Kier molecular flexibility index (Phi) is 5.74. The molecular formula is C16H21N3O3S. The van der Waals surface area contributed by atoms with E-state index in [0.29, 0.717) is 38.0 Å². The minimum absolute atomic E-state index is 0.0160. The number of carbonyl (C=O) groups is 1.